The zero-order chi connectivity index (χ0) is 23.0. The molecule has 173 valence electrons. The molecule has 0 unspecified atom stereocenters. The van der Waals surface area contributed by atoms with Gasteiger partial charge in [0.2, 0.25) is 0 Å². The highest BCUT2D eigenvalue weighted by Gasteiger charge is 2.44. The largest absolute Gasteiger partial charge is 0.497 e. The van der Waals surface area contributed by atoms with Crippen molar-refractivity contribution in [3.05, 3.63) is 96.2 Å². The van der Waals surface area contributed by atoms with Crippen LogP contribution in [0.25, 0.3) is 10.9 Å². The number of aromatic nitrogens is 3. The van der Waals surface area contributed by atoms with Crippen LogP contribution < -0.4 is 4.74 Å². The van der Waals surface area contributed by atoms with Gasteiger partial charge in [0.25, 0.3) is 0 Å². The van der Waals surface area contributed by atoms with Crippen LogP contribution in [0.3, 0.4) is 0 Å². The van der Waals surface area contributed by atoms with Gasteiger partial charge in [0.1, 0.15) is 12.1 Å². The maximum Gasteiger partial charge on any atom is 0.120 e. The fraction of sp³-hybridized carbons (Fsp3) is 0.321. The van der Waals surface area contributed by atoms with Crippen molar-refractivity contribution in [2.24, 2.45) is 0 Å². The van der Waals surface area contributed by atoms with E-state index in [1.165, 1.54) is 27.8 Å². The summed E-state index contributed by atoms with van der Waals surface area (Å²) in [7, 11) is 1.73. The predicted octanol–water partition coefficient (Wildman–Crippen LogP) is 4.53. The lowest BCUT2D eigenvalue weighted by Crippen LogP contribution is -2.51. The number of nitrogens with one attached hydrogen (secondary N) is 1. The van der Waals surface area contributed by atoms with Crippen LogP contribution in [-0.4, -0.2) is 51.5 Å². The van der Waals surface area contributed by atoms with Gasteiger partial charge in [0.15, 0.2) is 0 Å². The summed E-state index contributed by atoms with van der Waals surface area (Å²) in [6.07, 6.45) is 7.72. The number of aromatic amines is 1. The van der Waals surface area contributed by atoms with Crippen LogP contribution in [0.2, 0.25) is 0 Å². The summed E-state index contributed by atoms with van der Waals surface area (Å²) in [6, 6.07) is 17.2. The van der Waals surface area contributed by atoms with Crippen molar-refractivity contribution in [1.82, 2.24) is 24.8 Å². The summed E-state index contributed by atoms with van der Waals surface area (Å²) in [4.78, 5) is 17.2. The van der Waals surface area contributed by atoms with Crippen molar-refractivity contribution >= 4 is 10.9 Å². The van der Waals surface area contributed by atoms with Gasteiger partial charge in [-0.1, -0.05) is 30.3 Å². The van der Waals surface area contributed by atoms with E-state index in [1.54, 1.807) is 13.4 Å². The normalized spacial score (nSPS) is 18.3. The minimum atomic E-state index is 0.120. The lowest BCUT2D eigenvalue weighted by atomic mass is 9.69. The molecule has 2 aliphatic rings. The Kier molecular flexibility index (Phi) is 5.55. The molecule has 0 saturated carbocycles. The third kappa shape index (κ3) is 3.97. The molecule has 1 fully saturated rings. The fourth-order valence-electron chi connectivity index (χ4n) is 5.83. The molecule has 0 aliphatic carbocycles. The topological polar surface area (TPSA) is 57.3 Å². The van der Waals surface area contributed by atoms with Crippen molar-refractivity contribution in [3.8, 4) is 5.75 Å². The summed E-state index contributed by atoms with van der Waals surface area (Å²) in [5.41, 5.74) is 6.53. The summed E-state index contributed by atoms with van der Waals surface area (Å²) >= 11 is 0. The van der Waals surface area contributed by atoms with Gasteiger partial charge in [-0.2, -0.15) is 0 Å². The van der Waals surface area contributed by atoms with Gasteiger partial charge >= 0.3 is 0 Å². The number of nitrogens with zero attached hydrogens (tertiary/aromatic N) is 4. The standard InChI is InChI=1S/C28H30N5O/c1-34-23-7-8-24-25(13-23)31-26-18-33(16-21-5-3-2-4-6-21)19-28(27(24)26)9-11-32(12-10-28)17-22-14-29-20-30-15-22/h2-8,13-15,18,20,31H,9-12,16-17,19H2,1H3. The van der Waals surface area contributed by atoms with E-state index < -0.39 is 0 Å². The lowest BCUT2D eigenvalue weighted by molar-refractivity contribution is 0.113. The van der Waals surface area contributed by atoms with Crippen LogP contribution in [-0.2, 0) is 18.5 Å². The molecule has 1 spiro atoms. The first-order chi connectivity index (χ1) is 16.7. The Bertz CT molecular complexity index is 1260. The zero-order valence-corrected chi connectivity index (χ0v) is 19.6. The second kappa shape index (κ2) is 8.85. The average molecular weight is 453 g/mol. The lowest BCUT2D eigenvalue weighted by Gasteiger charge is -2.47. The van der Waals surface area contributed by atoms with Crippen LogP contribution in [0, 0.1) is 6.54 Å². The molecule has 6 nitrogen and oxygen atoms in total. The minimum absolute atomic E-state index is 0.120. The number of likely N-dealkylation sites (tertiary alicyclic amines) is 1. The van der Waals surface area contributed by atoms with Crippen LogP contribution >= 0.6 is 0 Å². The van der Waals surface area contributed by atoms with Gasteiger partial charge < -0.3 is 9.72 Å². The van der Waals surface area contributed by atoms with E-state index in [1.807, 2.05) is 12.4 Å². The SMILES string of the molecule is COc1ccc2c3c([nH]c2c1)[CH]N(Cc1ccccc1)CC31CCN(Cc2cncnc2)CC1. The van der Waals surface area contributed by atoms with E-state index in [0.717, 1.165) is 56.8 Å². The van der Waals surface area contributed by atoms with Crippen LogP contribution in [0.1, 0.15) is 35.2 Å². The summed E-state index contributed by atoms with van der Waals surface area (Å²) < 4.78 is 5.50. The van der Waals surface area contributed by atoms with Gasteiger partial charge in [0.05, 0.1) is 13.7 Å². The Morgan fingerprint density at radius 1 is 0.971 bits per heavy atom. The van der Waals surface area contributed by atoms with E-state index >= 15 is 0 Å². The Morgan fingerprint density at radius 3 is 2.53 bits per heavy atom. The second-order valence-electron chi connectivity index (χ2n) is 9.65. The van der Waals surface area contributed by atoms with E-state index in [4.69, 9.17) is 4.74 Å². The molecule has 1 radical (unpaired) electrons. The van der Waals surface area contributed by atoms with E-state index in [0.29, 0.717) is 0 Å². The zero-order valence-electron chi connectivity index (χ0n) is 19.6. The molecule has 0 bridgehead atoms. The fourth-order valence-corrected chi connectivity index (χ4v) is 5.83. The molecule has 34 heavy (non-hydrogen) atoms. The highest BCUT2D eigenvalue weighted by atomic mass is 16.5. The van der Waals surface area contributed by atoms with E-state index in [9.17, 15) is 0 Å². The maximum atomic E-state index is 5.50. The average Bonchev–Trinajstić information content (AvgIpc) is 3.25. The molecule has 2 aliphatic heterocycles. The van der Waals surface area contributed by atoms with Gasteiger partial charge in [0, 0.05) is 65.7 Å². The molecule has 1 N–H and O–H groups in total. The molecule has 0 atom stereocenters. The van der Waals surface area contributed by atoms with Gasteiger partial charge in [-0.25, -0.2) is 9.97 Å². The smallest absolute Gasteiger partial charge is 0.120 e. The highest BCUT2D eigenvalue weighted by Crippen LogP contribution is 2.46. The molecule has 0 amide bonds. The number of piperidine rings is 1. The first-order valence-electron chi connectivity index (χ1n) is 12.0. The highest BCUT2D eigenvalue weighted by molar-refractivity contribution is 5.88. The van der Waals surface area contributed by atoms with Crippen molar-refractivity contribution in [1.29, 1.82) is 0 Å². The number of rotatable bonds is 5. The molecular formula is C28H30N5O. The van der Waals surface area contributed by atoms with Gasteiger partial charge in [-0.05, 0) is 49.2 Å². The molecule has 1 saturated heterocycles. The molecule has 6 rings (SSSR count). The summed E-state index contributed by atoms with van der Waals surface area (Å²) in [5, 5.41) is 1.33. The summed E-state index contributed by atoms with van der Waals surface area (Å²) in [5.74, 6) is 0.890. The van der Waals surface area contributed by atoms with Crippen molar-refractivity contribution in [2.75, 3.05) is 26.7 Å². The van der Waals surface area contributed by atoms with Crippen LogP contribution in [0.4, 0.5) is 0 Å². The number of hydrogen-bond acceptors (Lipinski definition) is 5. The first-order valence-corrected chi connectivity index (χ1v) is 12.0. The van der Waals surface area contributed by atoms with Crippen LogP contribution in [0.15, 0.2) is 67.3 Å². The Balaban J connectivity index is 1.32. The minimum Gasteiger partial charge on any atom is -0.497 e. The molecule has 4 aromatic rings. The number of methoxy groups -OCH3 is 1. The van der Waals surface area contributed by atoms with E-state index in [2.05, 4.69) is 79.8 Å². The number of benzene rings is 2. The molecule has 6 heteroatoms. The monoisotopic (exact) mass is 452 g/mol. The molecule has 2 aromatic heterocycles. The predicted molar refractivity (Wildman–Crippen MR) is 133 cm³/mol. The first kappa shape index (κ1) is 21.3. The number of H-pyrrole nitrogens is 1. The van der Waals surface area contributed by atoms with Crippen molar-refractivity contribution in [2.45, 2.75) is 31.3 Å². The molecule has 4 heterocycles. The molecule has 2 aromatic carbocycles. The Hall–Kier alpha value is -3.22. The van der Waals surface area contributed by atoms with Gasteiger partial charge in [-0.15, -0.1) is 0 Å². The summed E-state index contributed by atoms with van der Waals surface area (Å²) in [6.45, 7) is 7.33. The van der Waals surface area contributed by atoms with Crippen molar-refractivity contribution < 1.29 is 4.74 Å². The third-order valence-corrected chi connectivity index (χ3v) is 7.44. The van der Waals surface area contributed by atoms with Crippen molar-refractivity contribution in [3.63, 3.8) is 0 Å². The van der Waals surface area contributed by atoms with E-state index in [-0.39, 0.29) is 5.41 Å². The third-order valence-electron chi connectivity index (χ3n) is 7.44. The Labute approximate surface area is 200 Å². The maximum absolute atomic E-state index is 5.50. The Morgan fingerprint density at radius 2 is 1.76 bits per heavy atom. The number of fused-ring (bicyclic) bond motifs is 4. The second-order valence-corrected chi connectivity index (χ2v) is 9.65. The van der Waals surface area contributed by atoms with Gasteiger partial charge in [-0.3, -0.25) is 9.80 Å². The quantitative estimate of drug-likeness (QED) is 0.482. The molecular weight excluding hydrogens is 422 g/mol. The van der Waals surface area contributed by atoms with Crippen LogP contribution in [0.5, 0.6) is 5.75 Å². The number of hydrogen-bond donors (Lipinski definition) is 1. The number of ether oxygens (including phenoxy) is 1.